The summed E-state index contributed by atoms with van der Waals surface area (Å²) < 4.78 is 11.6. The highest BCUT2D eigenvalue weighted by molar-refractivity contribution is 6.00. The molecule has 0 saturated heterocycles. The van der Waals surface area contributed by atoms with E-state index in [-0.39, 0.29) is 29.0 Å². The molecule has 0 aromatic heterocycles. The molecule has 0 aliphatic carbocycles. The van der Waals surface area contributed by atoms with Crippen LogP contribution in [0.4, 0.5) is 5.69 Å². The molecule has 0 spiro atoms. The Morgan fingerprint density at radius 1 is 0.844 bits per heavy atom. The van der Waals surface area contributed by atoms with Crippen LogP contribution < -0.4 is 14.8 Å². The second-order valence-electron chi connectivity index (χ2n) is 8.64. The molecular weight excluding hydrogens is 406 g/mol. The van der Waals surface area contributed by atoms with Crippen molar-refractivity contribution in [2.24, 2.45) is 5.41 Å². The van der Waals surface area contributed by atoms with Crippen LogP contribution in [-0.4, -0.2) is 23.6 Å². The number of carbonyl (C=O) groups excluding carboxylic acids is 1. The van der Waals surface area contributed by atoms with E-state index in [1.807, 2.05) is 24.3 Å². The number of carboxylic acids is 1. The normalized spacial score (nSPS) is 11.0. The predicted octanol–water partition coefficient (Wildman–Crippen LogP) is 5.78. The van der Waals surface area contributed by atoms with Crippen LogP contribution in [0.5, 0.6) is 17.2 Å². The van der Waals surface area contributed by atoms with Crippen LogP contribution >= 0.6 is 0 Å². The highest BCUT2D eigenvalue weighted by atomic mass is 16.5. The van der Waals surface area contributed by atoms with Crippen molar-refractivity contribution < 1.29 is 24.2 Å². The van der Waals surface area contributed by atoms with Gasteiger partial charge in [0.05, 0.1) is 24.3 Å². The minimum absolute atomic E-state index is 0.0550. The molecule has 0 saturated carbocycles. The SMILES string of the molecule is CC(C)(C)COc1ccc(Oc2ccc(CC(=O)Nc3ccccc3C(=O)O)cc2)cc1. The fraction of sp³-hybridized carbons (Fsp3) is 0.231. The summed E-state index contributed by atoms with van der Waals surface area (Å²) >= 11 is 0. The van der Waals surface area contributed by atoms with Crippen LogP contribution in [0.15, 0.2) is 72.8 Å². The summed E-state index contributed by atoms with van der Waals surface area (Å²) in [4.78, 5) is 23.6. The molecule has 0 fully saturated rings. The van der Waals surface area contributed by atoms with E-state index in [2.05, 4.69) is 26.1 Å². The highest BCUT2D eigenvalue weighted by Gasteiger charge is 2.13. The standard InChI is InChI=1S/C26H27NO5/c1-26(2,3)17-31-19-12-14-21(15-13-19)32-20-10-8-18(9-11-20)16-24(28)27-23-7-5-4-6-22(23)25(29)30/h4-15H,16-17H2,1-3H3,(H,27,28)(H,29,30). The van der Waals surface area contributed by atoms with E-state index in [0.717, 1.165) is 11.3 Å². The van der Waals surface area contributed by atoms with Crippen LogP contribution in [-0.2, 0) is 11.2 Å². The van der Waals surface area contributed by atoms with Gasteiger partial charge in [0.25, 0.3) is 0 Å². The molecule has 0 atom stereocenters. The molecule has 3 rings (SSSR count). The lowest BCUT2D eigenvalue weighted by Crippen LogP contribution is -2.16. The molecule has 6 nitrogen and oxygen atoms in total. The molecule has 0 aliphatic rings. The zero-order valence-corrected chi connectivity index (χ0v) is 18.4. The third-order valence-electron chi connectivity index (χ3n) is 4.45. The monoisotopic (exact) mass is 433 g/mol. The first-order chi connectivity index (χ1) is 15.2. The first-order valence-electron chi connectivity index (χ1n) is 10.3. The Bertz CT molecular complexity index is 1070. The maximum atomic E-state index is 12.3. The number of hydrogen-bond acceptors (Lipinski definition) is 4. The fourth-order valence-corrected chi connectivity index (χ4v) is 2.87. The van der Waals surface area contributed by atoms with Crippen molar-refractivity contribution >= 4 is 17.6 Å². The average Bonchev–Trinajstić information content (AvgIpc) is 2.74. The van der Waals surface area contributed by atoms with Crippen LogP contribution in [0.2, 0.25) is 0 Å². The first kappa shape index (κ1) is 22.9. The summed E-state index contributed by atoms with van der Waals surface area (Å²) in [6.07, 6.45) is 0.119. The first-order valence-corrected chi connectivity index (χ1v) is 10.3. The lowest BCUT2D eigenvalue weighted by Gasteiger charge is -2.18. The Kier molecular flexibility index (Phi) is 7.15. The average molecular weight is 434 g/mol. The number of ether oxygens (including phenoxy) is 2. The third kappa shape index (κ3) is 6.87. The van der Waals surface area contributed by atoms with Crippen LogP contribution in [0, 0.1) is 5.41 Å². The van der Waals surface area contributed by atoms with Gasteiger partial charge in [0, 0.05) is 0 Å². The summed E-state index contributed by atoms with van der Waals surface area (Å²) in [6, 6.07) is 20.9. The third-order valence-corrected chi connectivity index (χ3v) is 4.45. The van der Waals surface area contributed by atoms with Crippen LogP contribution in [0.3, 0.4) is 0 Å². The zero-order valence-electron chi connectivity index (χ0n) is 18.4. The molecule has 0 radical (unpaired) electrons. The second kappa shape index (κ2) is 10.0. The van der Waals surface area contributed by atoms with Crippen molar-refractivity contribution in [3.8, 4) is 17.2 Å². The Labute approximate surface area is 187 Å². The van der Waals surface area contributed by atoms with Crippen molar-refractivity contribution in [1.29, 1.82) is 0 Å². The molecule has 166 valence electrons. The van der Waals surface area contributed by atoms with Gasteiger partial charge in [-0.3, -0.25) is 4.79 Å². The van der Waals surface area contributed by atoms with Crippen molar-refractivity contribution in [3.63, 3.8) is 0 Å². The van der Waals surface area contributed by atoms with Gasteiger partial charge in [-0.2, -0.15) is 0 Å². The zero-order chi connectivity index (χ0) is 23.1. The topological polar surface area (TPSA) is 84.9 Å². The van der Waals surface area contributed by atoms with E-state index >= 15 is 0 Å². The Balaban J connectivity index is 1.55. The lowest BCUT2D eigenvalue weighted by molar-refractivity contribution is -0.115. The maximum absolute atomic E-state index is 12.3. The molecule has 0 heterocycles. The predicted molar refractivity (Wildman–Crippen MR) is 124 cm³/mol. The molecule has 3 aromatic carbocycles. The largest absolute Gasteiger partial charge is 0.493 e. The smallest absolute Gasteiger partial charge is 0.337 e. The molecule has 1 amide bonds. The summed E-state index contributed by atoms with van der Waals surface area (Å²) in [7, 11) is 0. The highest BCUT2D eigenvalue weighted by Crippen LogP contribution is 2.25. The number of carbonyl (C=O) groups is 2. The maximum Gasteiger partial charge on any atom is 0.337 e. The van der Waals surface area contributed by atoms with Gasteiger partial charge in [-0.1, -0.05) is 45.0 Å². The van der Waals surface area contributed by atoms with Crippen LogP contribution in [0.25, 0.3) is 0 Å². The van der Waals surface area contributed by atoms with Gasteiger partial charge < -0.3 is 19.9 Å². The number of benzene rings is 3. The summed E-state index contributed by atoms with van der Waals surface area (Å²) in [6.45, 7) is 6.98. The Morgan fingerprint density at radius 2 is 1.41 bits per heavy atom. The van der Waals surface area contributed by atoms with E-state index in [1.54, 1.807) is 42.5 Å². The molecule has 0 unspecified atom stereocenters. The molecule has 0 bridgehead atoms. The molecule has 6 heteroatoms. The van der Waals surface area contributed by atoms with Gasteiger partial charge in [-0.05, 0) is 59.5 Å². The summed E-state index contributed by atoms with van der Waals surface area (Å²) in [5.41, 5.74) is 1.21. The van der Waals surface area contributed by atoms with E-state index in [9.17, 15) is 14.7 Å². The van der Waals surface area contributed by atoms with Gasteiger partial charge in [0.1, 0.15) is 17.2 Å². The summed E-state index contributed by atoms with van der Waals surface area (Å²) in [5, 5.41) is 11.9. The Hall–Kier alpha value is -3.80. The number of para-hydroxylation sites is 1. The van der Waals surface area contributed by atoms with Gasteiger partial charge in [-0.25, -0.2) is 4.79 Å². The van der Waals surface area contributed by atoms with Gasteiger partial charge in [0.2, 0.25) is 5.91 Å². The van der Waals surface area contributed by atoms with Gasteiger partial charge in [0.15, 0.2) is 0 Å². The van der Waals surface area contributed by atoms with Crippen molar-refractivity contribution in [2.75, 3.05) is 11.9 Å². The molecule has 3 aromatic rings. The second-order valence-corrected chi connectivity index (χ2v) is 8.64. The lowest BCUT2D eigenvalue weighted by atomic mass is 9.99. The molecular formula is C26H27NO5. The fourth-order valence-electron chi connectivity index (χ4n) is 2.87. The van der Waals surface area contributed by atoms with E-state index in [0.29, 0.717) is 18.1 Å². The van der Waals surface area contributed by atoms with Crippen LogP contribution in [0.1, 0.15) is 36.7 Å². The number of anilines is 1. The van der Waals surface area contributed by atoms with E-state index in [1.165, 1.54) is 6.07 Å². The number of rotatable bonds is 8. The van der Waals surface area contributed by atoms with Gasteiger partial charge >= 0.3 is 5.97 Å². The van der Waals surface area contributed by atoms with Crippen molar-refractivity contribution in [2.45, 2.75) is 27.2 Å². The molecule has 32 heavy (non-hydrogen) atoms. The van der Waals surface area contributed by atoms with Gasteiger partial charge in [-0.15, -0.1) is 0 Å². The number of aromatic carboxylic acids is 1. The number of amides is 1. The van der Waals surface area contributed by atoms with E-state index in [4.69, 9.17) is 9.47 Å². The quantitative estimate of drug-likeness (QED) is 0.470. The van der Waals surface area contributed by atoms with E-state index < -0.39 is 5.97 Å². The number of nitrogens with one attached hydrogen (secondary N) is 1. The van der Waals surface area contributed by atoms with Crippen molar-refractivity contribution in [1.82, 2.24) is 0 Å². The minimum atomic E-state index is -1.09. The summed E-state index contributed by atoms with van der Waals surface area (Å²) in [5.74, 6) is 0.741. The molecule has 0 aliphatic heterocycles. The number of carboxylic acid groups (broad SMARTS) is 1. The number of hydrogen-bond donors (Lipinski definition) is 2. The Morgan fingerprint density at radius 3 is 2.00 bits per heavy atom. The minimum Gasteiger partial charge on any atom is -0.493 e. The van der Waals surface area contributed by atoms with Crippen molar-refractivity contribution in [3.05, 3.63) is 83.9 Å². The molecule has 2 N–H and O–H groups in total.